The van der Waals surface area contributed by atoms with Crippen LogP contribution in [-0.4, -0.2) is 41.3 Å². The first-order valence-electron chi connectivity index (χ1n) is 11.6. The average Bonchev–Trinajstić information content (AvgIpc) is 3.24. The van der Waals surface area contributed by atoms with Crippen molar-refractivity contribution in [2.75, 3.05) is 25.0 Å². The number of likely N-dealkylation sites (tertiary alicyclic amines) is 1. The fourth-order valence-electron chi connectivity index (χ4n) is 4.86. The third-order valence-electron chi connectivity index (χ3n) is 6.70. The largest absolute Gasteiger partial charge is 0.365 e. The van der Waals surface area contributed by atoms with Gasteiger partial charge in [0.2, 0.25) is 11.8 Å². The van der Waals surface area contributed by atoms with E-state index in [9.17, 15) is 9.59 Å². The number of nitrogens with one attached hydrogen (secondary N) is 2. The molecule has 5 rings (SSSR count). The monoisotopic (exact) mass is 456 g/mol. The lowest BCUT2D eigenvalue weighted by Crippen LogP contribution is -2.48. The Kier molecular flexibility index (Phi) is 6.38. The van der Waals surface area contributed by atoms with Crippen LogP contribution >= 0.6 is 0 Å². The van der Waals surface area contributed by atoms with Crippen molar-refractivity contribution in [2.24, 2.45) is 0 Å². The molecule has 7 nitrogen and oxygen atoms in total. The highest BCUT2D eigenvalue weighted by atomic mass is 16.5. The molecule has 34 heavy (non-hydrogen) atoms. The van der Waals surface area contributed by atoms with E-state index in [0.717, 1.165) is 18.4 Å². The molecule has 2 amide bonds. The van der Waals surface area contributed by atoms with E-state index >= 15 is 0 Å². The maximum Gasteiger partial charge on any atom is 0.247 e. The second kappa shape index (κ2) is 9.75. The Labute approximate surface area is 199 Å². The number of pyridine rings is 1. The summed E-state index contributed by atoms with van der Waals surface area (Å²) >= 11 is 0. The van der Waals surface area contributed by atoms with Gasteiger partial charge >= 0.3 is 0 Å². The molecule has 2 aromatic carbocycles. The molecule has 7 heteroatoms. The summed E-state index contributed by atoms with van der Waals surface area (Å²) in [5, 5.41) is 6.00. The van der Waals surface area contributed by atoms with Gasteiger partial charge in [0, 0.05) is 19.3 Å². The zero-order valence-electron chi connectivity index (χ0n) is 18.9. The SMILES string of the molecule is O=C(Nc1ccccn1)C(NCC(=O)N1CCC2(CC1)OCc1ccccc12)c1ccccc1. The van der Waals surface area contributed by atoms with E-state index in [1.807, 2.05) is 47.4 Å². The van der Waals surface area contributed by atoms with Crippen molar-refractivity contribution in [1.82, 2.24) is 15.2 Å². The summed E-state index contributed by atoms with van der Waals surface area (Å²) in [6, 6.07) is 22.4. The van der Waals surface area contributed by atoms with Crippen LogP contribution in [0.1, 0.15) is 35.6 Å². The Hall–Kier alpha value is -3.55. The molecule has 2 aliphatic rings. The molecule has 1 saturated heterocycles. The molecule has 1 spiro atoms. The topological polar surface area (TPSA) is 83.6 Å². The molecule has 1 aromatic heterocycles. The molecule has 3 heterocycles. The van der Waals surface area contributed by atoms with Crippen LogP contribution in [0.5, 0.6) is 0 Å². The zero-order chi connectivity index (χ0) is 23.4. The second-order valence-electron chi connectivity index (χ2n) is 8.75. The minimum atomic E-state index is -0.673. The minimum absolute atomic E-state index is 0.0206. The van der Waals surface area contributed by atoms with Crippen LogP contribution in [-0.2, 0) is 26.5 Å². The van der Waals surface area contributed by atoms with Gasteiger partial charge in [-0.3, -0.25) is 14.9 Å². The number of piperidine rings is 1. The highest BCUT2D eigenvalue weighted by Gasteiger charge is 2.43. The van der Waals surface area contributed by atoms with Gasteiger partial charge in [0.25, 0.3) is 0 Å². The standard InChI is InChI=1S/C27H28N4O3/c32-24(31-16-13-27(14-17-31)22-11-5-4-10-21(22)19-34-27)18-29-25(20-8-2-1-3-9-20)26(33)30-23-12-6-7-15-28-23/h1-12,15,25,29H,13-14,16-19H2,(H,28,30,33). The molecule has 3 aromatic rings. The molecule has 0 radical (unpaired) electrons. The van der Waals surface area contributed by atoms with Gasteiger partial charge in [-0.05, 0) is 41.7 Å². The highest BCUT2D eigenvalue weighted by Crippen LogP contribution is 2.43. The predicted molar refractivity (Wildman–Crippen MR) is 129 cm³/mol. The van der Waals surface area contributed by atoms with E-state index < -0.39 is 6.04 Å². The van der Waals surface area contributed by atoms with E-state index in [2.05, 4.69) is 33.8 Å². The number of carbonyl (C=O) groups is 2. The van der Waals surface area contributed by atoms with Crippen molar-refractivity contribution >= 4 is 17.6 Å². The molecule has 0 bridgehead atoms. The zero-order valence-corrected chi connectivity index (χ0v) is 18.9. The van der Waals surface area contributed by atoms with Crippen LogP contribution in [0.3, 0.4) is 0 Å². The minimum Gasteiger partial charge on any atom is -0.365 e. The van der Waals surface area contributed by atoms with Gasteiger partial charge in [0.05, 0.1) is 18.8 Å². The number of anilines is 1. The molecule has 0 aliphatic carbocycles. The van der Waals surface area contributed by atoms with E-state index in [1.54, 1.807) is 18.3 Å². The van der Waals surface area contributed by atoms with Crippen LogP contribution < -0.4 is 10.6 Å². The number of hydrogen-bond acceptors (Lipinski definition) is 5. The molecule has 0 saturated carbocycles. The number of nitrogens with zero attached hydrogens (tertiary/aromatic N) is 2. The van der Waals surface area contributed by atoms with Gasteiger partial charge < -0.3 is 15.0 Å². The lowest BCUT2D eigenvalue weighted by molar-refractivity contribution is -0.137. The number of ether oxygens (including phenoxy) is 1. The van der Waals surface area contributed by atoms with Crippen LogP contribution in [0, 0.1) is 0 Å². The first kappa shape index (κ1) is 22.3. The Morgan fingerprint density at radius 2 is 1.71 bits per heavy atom. The summed E-state index contributed by atoms with van der Waals surface area (Å²) < 4.78 is 6.21. The molecular weight excluding hydrogens is 428 g/mol. The lowest BCUT2D eigenvalue weighted by atomic mass is 9.84. The van der Waals surface area contributed by atoms with Gasteiger partial charge in [0.1, 0.15) is 11.9 Å². The Balaban J connectivity index is 1.22. The molecule has 174 valence electrons. The summed E-state index contributed by atoms with van der Waals surface area (Å²) in [5.74, 6) is 0.193. The smallest absolute Gasteiger partial charge is 0.247 e. The van der Waals surface area contributed by atoms with Crippen LogP contribution in [0.25, 0.3) is 0 Å². The van der Waals surface area contributed by atoms with Crippen LogP contribution in [0.2, 0.25) is 0 Å². The molecule has 1 unspecified atom stereocenters. The number of aromatic nitrogens is 1. The fraction of sp³-hybridized carbons (Fsp3) is 0.296. The Bertz CT molecular complexity index is 1140. The molecule has 2 N–H and O–H groups in total. The van der Waals surface area contributed by atoms with Crippen molar-refractivity contribution in [3.63, 3.8) is 0 Å². The molecular formula is C27H28N4O3. The quantitative estimate of drug-likeness (QED) is 0.594. The maximum absolute atomic E-state index is 13.0. The van der Waals surface area contributed by atoms with E-state index in [4.69, 9.17) is 4.74 Å². The number of amides is 2. The lowest BCUT2D eigenvalue weighted by Gasteiger charge is -2.39. The maximum atomic E-state index is 13.0. The highest BCUT2D eigenvalue weighted by molar-refractivity contribution is 5.95. The second-order valence-corrected chi connectivity index (χ2v) is 8.75. The molecule has 1 atom stereocenters. The van der Waals surface area contributed by atoms with Crippen LogP contribution in [0.15, 0.2) is 79.0 Å². The van der Waals surface area contributed by atoms with Crippen molar-refractivity contribution in [2.45, 2.75) is 31.1 Å². The number of benzene rings is 2. The van der Waals surface area contributed by atoms with Crippen molar-refractivity contribution in [1.29, 1.82) is 0 Å². The van der Waals surface area contributed by atoms with Crippen LogP contribution in [0.4, 0.5) is 5.82 Å². The molecule has 1 fully saturated rings. The van der Waals surface area contributed by atoms with Crippen molar-refractivity contribution in [3.8, 4) is 0 Å². The Morgan fingerprint density at radius 3 is 2.47 bits per heavy atom. The van der Waals surface area contributed by atoms with E-state index in [-0.39, 0.29) is 24.0 Å². The number of rotatable bonds is 6. The third-order valence-corrected chi connectivity index (χ3v) is 6.70. The Morgan fingerprint density at radius 1 is 0.971 bits per heavy atom. The summed E-state index contributed by atoms with van der Waals surface area (Å²) in [7, 11) is 0. The van der Waals surface area contributed by atoms with Gasteiger partial charge in [-0.2, -0.15) is 0 Å². The normalized spacial score (nSPS) is 17.2. The van der Waals surface area contributed by atoms with E-state index in [1.165, 1.54) is 11.1 Å². The fourth-order valence-corrected chi connectivity index (χ4v) is 4.86. The number of fused-ring (bicyclic) bond motifs is 2. The summed E-state index contributed by atoms with van der Waals surface area (Å²) in [5.41, 5.74) is 3.01. The summed E-state index contributed by atoms with van der Waals surface area (Å²) in [6.07, 6.45) is 3.18. The number of hydrogen-bond donors (Lipinski definition) is 2. The average molecular weight is 457 g/mol. The van der Waals surface area contributed by atoms with Crippen molar-refractivity contribution < 1.29 is 14.3 Å². The van der Waals surface area contributed by atoms with E-state index in [0.29, 0.717) is 25.5 Å². The predicted octanol–water partition coefficient (Wildman–Crippen LogP) is 3.40. The van der Waals surface area contributed by atoms with Gasteiger partial charge in [-0.15, -0.1) is 0 Å². The first-order valence-corrected chi connectivity index (χ1v) is 11.6. The number of carbonyl (C=O) groups excluding carboxylic acids is 2. The van der Waals surface area contributed by atoms with Crippen molar-refractivity contribution in [3.05, 3.63) is 95.7 Å². The summed E-state index contributed by atoms with van der Waals surface area (Å²) in [4.78, 5) is 32.1. The summed E-state index contributed by atoms with van der Waals surface area (Å²) in [6.45, 7) is 1.96. The van der Waals surface area contributed by atoms with Gasteiger partial charge in [0.15, 0.2) is 0 Å². The molecule has 2 aliphatic heterocycles. The van der Waals surface area contributed by atoms with Gasteiger partial charge in [-0.1, -0.05) is 60.7 Å². The van der Waals surface area contributed by atoms with Gasteiger partial charge in [-0.25, -0.2) is 4.98 Å². The third kappa shape index (κ3) is 4.58. The first-order chi connectivity index (χ1) is 16.6.